The van der Waals surface area contributed by atoms with Crippen LogP contribution in [0.3, 0.4) is 0 Å². The predicted octanol–water partition coefficient (Wildman–Crippen LogP) is 3.44. The number of esters is 4. The van der Waals surface area contributed by atoms with E-state index in [2.05, 4.69) is 6.92 Å². The average molecular weight is 893 g/mol. The number of carbonyl (C=O) groups is 5. The van der Waals surface area contributed by atoms with Crippen molar-refractivity contribution in [2.75, 3.05) is 13.2 Å². The quantitative estimate of drug-likeness (QED) is 0.174. The molecule has 350 valence electrons. The number of cyclic esters (lactones) is 2. The van der Waals surface area contributed by atoms with Crippen molar-refractivity contribution in [3.8, 4) is 0 Å². The zero-order valence-electron chi connectivity index (χ0n) is 37.3. The molecule has 13 aliphatic rings. The van der Waals surface area contributed by atoms with Crippen LogP contribution in [0.4, 0.5) is 0 Å². The summed E-state index contributed by atoms with van der Waals surface area (Å²) in [5, 5.41) is 19.6. The van der Waals surface area contributed by atoms with Gasteiger partial charge < -0.3 is 48.1 Å². The molecule has 11 heterocycles. The highest BCUT2D eigenvalue weighted by molar-refractivity contribution is 5.96. The molecule has 0 spiro atoms. The fraction of sp³-hybridized carbons (Fsp3) is 0.898. The normalized spacial score (nSPS) is 56.9. The Morgan fingerprint density at radius 3 is 1.84 bits per heavy atom. The lowest BCUT2D eigenvalue weighted by atomic mass is 9.52. The summed E-state index contributed by atoms with van der Waals surface area (Å²) in [6, 6.07) is 0. The van der Waals surface area contributed by atoms with Crippen molar-refractivity contribution in [1.29, 1.82) is 0 Å². The number of carboxylic acids is 1. The van der Waals surface area contributed by atoms with Gasteiger partial charge in [0.05, 0.1) is 97.2 Å². The van der Waals surface area contributed by atoms with Gasteiger partial charge in [0.15, 0.2) is 0 Å². The first-order valence-corrected chi connectivity index (χ1v) is 24.9. The van der Waals surface area contributed by atoms with Gasteiger partial charge in [-0.1, -0.05) is 13.8 Å². The second-order valence-electron chi connectivity index (χ2n) is 23.9. The van der Waals surface area contributed by atoms with Crippen LogP contribution in [-0.2, 0) is 61.9 Å². The second-order valence-corrected chi connectivity index (χ2v) is 23.9. The van der Waals surface area contributed by atoms with E-state index >= 15 is 0 Å². The number of rotatable bonds is 11. The van der Waals surface area contributed by atoms with E-state index in [4.69, 9.17) is 37.9 Å². The van der Waals surface area contributed by atoms with Crippen LogP contribution in [0.2, 0.25) is 0 Å². The average Bonchev–Trinajstić information content (AvgIpc) is 4.07. The molecule has 15 heteroatoms. The molecule has 12 bridgehead atoms. The monoisotopic (exact) mass is 892 g/mol. The summed E-state index contributed by atoms with van der Waals surface area (Å²) in [5.74, 6) is -2.42. The Kier molecular flexibility index (Phi) is 9.19. The fourth-order valence-corrected chi connectivity index (χ4v) is 18.5. The van der Waals surface area contributed by atoms with Gasteiger partial charge in [-0.2, -0.15) is 0 Å². The molecule has 2 saturated carbocycles. The zero-order chi connectivity index (χ0) is 44.2. The first-order chi connectivity index (χ1) is 30.6. The van der Waals surface area contributed by atoms with Gasteiger partial charge in [-0.25, -0.2) is 0 Å². The molecule has 11 aliphatic heterocycles. The number of carbonyl (C=O) groups excluding carboxylic acids is 4. The van der Waals surface area contributed by atoms with Gasteiger partial charge in [0.1, 0.15) is 12.2 Å². The van der Waals surface area contributed by atoms with Crippen molar-refractivity contribution in [2.24, 2.45) is 112 Å². The summed E-state index contributed by atoms with van der Waals surface area (Å²) in [7, 11) is 0. The number of ether oxygens (including phenoxy) is 8. The SMILES string of the molecule is CC1C(=O)OC(=O)C1CC1C(CC2C(CC3C(C)C4CC(C(=O)OC(C)(C)C)C3O4)C3OC2C2C4CC(CC4C(=O)OCCO)C32)C2OC1C1C3OC(C4C5CC(C(=O)O)C(O5)C34)C21. The van der Waals surface area contributed by atoms with Gasteiger partial charge in [-0.3, -0.25) is 24.0 Å². The van der Waals surface area contributed by atoms with Crippen LogP contribution in [0.15, 0.2) is 0 Å². The Hall–Kier alpha value is -2.69. The van der Waals surface area contributed by atoms with E-state index in [1.54, 1.807) is 6.92 Å². The Morgan fingerprint density at radius 2 is 1.20 bits per heavy atom. The van der Waals surface area contributed by atoms with Crippen molar-refractivity contribution in [3.63, 3.8) is 0 Å². The molecule has 0 aromatic carbocycles. The van der Waals surface area contributed by atoms with E-state index in [-0.39, 0.29) is 169 Å². The number of aliphatic hydroxyl groups excluding tert-OH is 1. The summed E-state index contributed by atoms with van der Waals surface area (Å²) in [6.07, 6.45) is 3.55. The van der Waals surface area contributed by atoms with E-state index in [9.17, 15) is 34.2 Å². The van der Waals surface area contributed by atoms with Crippen molar-refractivity contribution in [1.82, 2.24) is 0 Å². The third-order valence-corrected chi connectivity index (χ3v) is 20.5. The van der Waals surface area contributed by atoms with Gasteiger partial charge >= 0.3 is 29.8 Å². The van der Waals surface area contributed by atoms with E-state index in [1.807, 2.05) is 20.8 Å². The van der Waals surface area contributed by atoms with Crippen molar-refractivity contribution in [2.45, 2.75) is 146 Å². The highest BCUT2D eigenvalue weighted by Crippen LogP contribution is 2.72. The third-order valence-electron chi connectivity index (χ3n) is 20.5. The number of fused-ring (bicyclic) bond motifs is 27. The van der Waals surface area contributed by atoms with E-state index in [1.165, 1.54) is 0 Å². The van der Waals surface area contributed by atoms with Crippen LogP contribution in [0, 0.1) is 112 Å². The molecule has 2 aliphatic carbocycles. The Morgan fingerprint density at radius 1 is 0.609 bits per heavy atom. The lowest BCUT2D eigenvalue weighted by Gasteiger charge is -2.47. The predicted molar refractivity (Wildman–Crippen MR) is 216 cm³/mol. The van der Waals surface area contributed by atoms with Gasteiger partial charge in [0.2, 0.25) is 0 Å². The number of aliphatic hydroxyl groups is 1. The minimum Gasteiger partial charge on any atom is -0.481 e. The smallest absolute Gasteiger partial charge is 0.317 e. The molecule has 64 heavy (non-hydrogen) atoms. The topological polar surface area (TPSA) is 200 Å². The Labute approximate surface area is 372 Å². The Balaban J connectivity index is 0.836. The van der Waals surface area contributed by atoms with Crippen LogP contribution >= 0.6 is 0 Å². The molecular weight excluding hydrogens is 829 g/mol. The molecule has 29 unspecified atom stereocenters. The lowest BCUT2D eigenvalue weighted by Crippen LogP contribution is -2.55. The maximum atomic E-state index is 13.7. The summed E-state index contributed by atoms with van der Waals surface area (Å²) in [4.78, 5) is 65.7. The minimum atomic E-state index is -0.814. The van der Waals surface area contributed by atoms with Crippen molar-refractivity contribution in [3.05, 3.63) is 0 Å². The van der Waals surface area contributed by atoms with Gasteiger partial charge in [-0.05, 0) is 125 Å². The molecule has 0 aromatic heterocycles. The fourth-order valence-electron chi connectivity index (χ4n) is 18.5. The number of carboxylic acid groups (broad SMARTS) is 1. The molecule has 0 aromatic rings. The van der Waals surface area contributed by atoms with Crippen LogP contribution < -0.4 is 0 Å². The standard InChI is InChI=1S/C49H64O15/c1-15-18(36-27(14-28(15)58-36)48(56)64-49(3,4)5)10-21-23(38-31-20-8-17(30(31)37(21)60-38)9-25(20)46(54)57-7-6-50)12-24-22(11-19-16(2)45(53)63-47(19)55)39-35-34(40(24)61-39)42-32-29-13-26(44(51)52)41(59-29)33(32)43(35)62-42/h15-43,50H,6-14H2,1-5H3,(H,51,52). The lowest BCUT2D eigenvalue weighted by molar-refractivity contribution is -0.163. The van der Waals surface area contributed by atoms with Crippen LogP contribution in [0.1, 0.15) is 79.6 Å². The molecule has 11 saturated heterocycles. The summed E-state index contributed by atoms with van der Waals surface area (Å²) >= 11 is 0. The molecule has 0 radical (unpaired) electrons. The summed E-state index contributed by atoms with van der Waals surface area (Å²) < 4.78 is 51.4. The Bertz CT molecular complexity index is 2020. The van der Waals surface area contributed by atoms with Crippen molar-refractivity contribution >= 4 is 29.8 Å². The van der Waals surface area contributed by atoms with Crippen LogP contribution in [0.5, 0.6) is 0 Å². The highest BCUT2D eigenvalue weighted by Gasteiger charge is 2.79. The summed E-state index contributed by atoms with van der Waals surface area (Å²) in [6.45, 7) is 9.57. The van der Waals surface area contributed by atoms with Gasteiger partial charge in [-0.15, -0.1) is 0 Å². The van der Waals surface area contributed by atoms with Gasteiger partial charge in [0, 0.05) is 23.7 Å². The minimum absolute atomic E-state index is 0.00355. The number of hydrogen-bond acceptors (Lipinski definition) is 14. The maximum Gasteiger partial charge on any atom is 0.317 e. The van der Waals surface area contributed by atoms with E-state index < -0.39 is 41.3 Å². The van der Waals surface area contributed by atoms with Crippen LogP contribution in [-0.4, -0.2) is 120 Å². The van der Waals surface area contributed by atoms with E-state index in [0.29, 0.717) is 31.1 Å². The first-order valence-electron chi connectivity index (χ1n) is 24.9. The van der Waals surface area contributed by atoms with Crippen molar-refractivity contribution < 1.29 is 72.1 Å². The molecule has 2 N–H and O–H groups in total. The molecule has 13 fully saturated rings. The number of aliphatic carboxylic acids is 1. The highest BCUT2D eigenvalue weighted by atomic mass is 16.6. The molecule has 13 rings (SSSR count). The molecular formula is C49H64O15. The van der Waals surface area contributed by atoms with Gasteiger partial charge in [0.25, 0.3) is 0 Å². The second kappa shape index (κ2) is 14.2. The third kappa shape index (κ3) is 5.57. The zero-order valence-corrected chi connectivity index (χ0v) is 37.3. The van der Waals surface area contributed by atoms with E-state index in [0.717, 1.165) is 25.7 Å². The van der Waals surface area contributed by atoms with Crippen LogP contribution in [0.25, 0.3) is 0 Å². The first kappa shape index (κ1) is 41.5. The molecule has 29 atom stereocenters. The largest absolute Gasteiger partial charge is 0.481 e. The molecule has 15 nitrogen and oxygen atoms in total. The molecule has 0 amide bonds. The number of hydrogen-bond donors (Lipinski definition) is 2. The maximum absolute atomic E-state index is 13.7. The summed E-state index contributed by atoms with van der Waals surface area (Å²) in [5.41, 5.74) is -0.600.